The standard InChI is InChI=1S/C22H26F4N4O3/c1-11(2)18(31)30-17-8-15(7-13(4)28-17)14(5)29-19(32)16-6-12(3)20(27-9-16)33-10-22(25,26)21(23)24/h6-9,11,14,21H,10H2,1-5H3,(H,29,32)(H,28,30,31). The van der Waals surface area contributed by atoms with Gasteiger partial charge in [0.2, 0.25) is 11.8 Å². The van der Waals surface area contributed by atoms with Crippen molar-refractivity contribution in [3.63, 3.8) is 0 Å². The number of amides is 2. The number of pyridine rings is 2. The number of anilines is 1. The Bertz CT molecular complexity index is 1020. The molecule has 11 heteroatoms. The second kappa shape index (κ2) is 10.6. The summed E-state index contributed by atoms with van der Waals surface area (Å²) in [5, 5.41) is 5.50. The van der Waals surface area contributed by atoms with Crippen molar-refractivity contribution in [3.8, 4) is 5.88 Å². The third kappa shape index (κ3) is 7.13. The molecule has 2 aromatic rings. The number of hydrogen-bond donors (Lipinski definition) is 2. The summed E-state index contributed by atoms with van der Waals surface area (Å²) < 4.78 is 55.3. The first-order valence-electron chi connectivity index (χ1n) is 10.2. The maximum Gasteiger partial charge on any atom is 0.340 e. The largest absolute Gasteiger partial charge is 0.471 e. The van der Waals surface area contributed by atoms with E-state index in [1.165, 1.54) is 13.0 Å². The van der Waals surface area contributed by atoms with E-state index in [0.29, 0.717) is 17.1 Å². The minimum atomic E-state index is -4.31. The van der Waals surface area contributed by atoms with E-state index in [9.17, 15) is 27.2 Å². The lowest BCUT2D eigenvalue weighted by Gasteiger charge is -2.18. The Labute approximate surface area is 189 Å². The number of halogens is 4. The predicted octanol–water partition coefficient (Wildman–Crippen LogP) is 4.46. The lowest BCUT2D eigenvalue weighted by Crippen LogP contribution is -2.34. The molecule has 7 nitrogen and oxygen atoms in total. The van der Waals surface area contributed by atoms with E-state index in [-0.39, 0.29) is 28.8 Å². The fourth-order valence-corrected chi connectivity index (χ4v) is 2.71. The van der Waals surface area contributed by atoms with Crippen LogP contribution in [0.3, 0.4) is 0 Å². The third-order valence-corrected chi connectivity index (χ3v) is 4.61. The van der Waals surface area contributed by atoms with Crippen LogP contribution in [0.25, 0.3) is 0 Å². The highest BCUT2D eigenvalue weighted by atomic mass is 19.3. The molecule has 0 aliphatic carbocycles. The van der Waals surface area contributed by atoms with E-state index in [0.717, 1.165) is 6.20 Å². The quantitative estimate of drug-likeness (QED) is 0.528. The summed E-state index contributed by atoms with van der Waals surface area (Å²) in [5.74, 6) is -5.12. The Morgan fingerprint density at radius 1 is 1.12 bits per heavy atom. The van der Waals surface area contributed by atoms with Gasteiger partial charge in [-0.1, -0.05) is 13.8 Å². The highest BCUT2D eigenvalue weighted by Crippen LogP contribution is 2.25. The molecule has 0 aliphatic heterocycles. The fraction of sp³-hybridized carbons (Fsp3) is 0.455. The van der Waals surface area contributed by atoms with Gasteiger partial charge in [0.25, 0.3) is 5.91 Å². The first-order chi connectivity index (χ1) is 15.3. The van der Waals surface area contributed by atoms with Crippen molar-refractivity contribution in [2.75, 3.05) is 11.9 Å². The van der Waals surface area contributed by atoms with Crippen LogP contribution < -0.4 is 15.4 Å². The van der Waals surface area contributed by atoms with Crippen molar-refractivity contribution < 1.29 is 31.9 Å². The van der Waals surface area contributed by atoms with Crippen LogP contribution in [0.1, 0.15) is 54.0 Å². The van der Waals surface area contributed by atoms with Crippen molar-refractivity contribution in [1.82, 2.24) is 15.3 Å². The number of aromatic nitrogens is 2. The zero-order chi connectivity index (χ0) is 24.9. The van der Waals surface area contributed by atoms with E-state index in [4.69, 9.17) is 4.74 Å². The number of rotatable bonds is 9. The summed E-state index contributed by atoms with van der Waals surface area (Å²) in [6.45, 7) is 6.94. The summed E-state index contributed by atoms with van der Waals surface area (Å²) in [6, 6.07) is 4.31. The van der Waals surface area contributed by atoms with E-state index in [2.05, 4.69) is 20.6 Å². The van der Waals surface area contributed by atoms with Crippen LogP contribution in [-0.2, 0) is 4.79 Å². The zero-order valence-electron chi connectivity index (χ0n) is 18.9. The van der Waals surface area contributed by atoms with E-state index >= 15 is 0 Å². The molecule has 0 radical (unpaired) electrons. The number of aryl methyl sites for hydroxylation is 2. The van der Waals surface area contributed by atoms with Crippen LogP contribution in [0.15, 0.2) is 24.4 Å². The molecule has 2 amide bonds. The summed E-state index contributed by atoms with van der Waals surface area (Å²) in [4.78, 5) is 32.7. The molecule has 0 bridgehead atoms. The van der Waals surface area contributed by atoms with E-state index in [1.807, 2.05) is 0 Å². The van der Waals surface area contributed by atoms with Gasteiger partial charge in [0.05, 0.1) is 11.6 Å². The monoisotopic (exact) mass is 470 g/mol. The zero-order valence-corrected chi connectivity index (χ0v) is 18.9. The van der Waals surface area contributed by atoms with Gasteiger partial charge in [-0.3, -0.25) is 9.59 Å². The Morgan fingerprint density at radius 2 is 1.79 bits per heavy atom. The maximum absolute atomic E-state index is 13.0. The maximum atomic E-state index is 13.0. The first kappa shape index (κ1) is 26.0. The topological polar surface area (TPSA) is 93.2 Å². The van der Waals surface area contributed by atoms with Crippen LogP contribution in [0.5, 0.6) is 5.88 Å². The van der Waals surface area contributed by atoms with E-state index < -0.39 is 30.9 Å². The average Bonchev–Trinajstić information content (AvgIpc) is 2.72. The number of carbonyl (C=O) groups is 2. The summed E-state index contributed by atoms with van der Waals surface area (Å²) >= 11 is 0. The average molecular weight is 470 g/mol. The van der Waals surface area contributed by atoms with Gasteiger partial charge >= 0.3 is 12.3 Å². The number of alkyl halides is 4. The Balaban J connectivity index is 2.10. The lowest BCUT2D eigenvalue weighted by atomic mass is 10.1. The Kier molecular flexibility index (Phi) is 8.34. The number of nitrogens with zero attached hydrogens (tertiary/aromatic N) is 2. The molecule has 0 saturated carbocycles. The van der Waals surface area contributed by atoms with Gasteiger partial charge in [0, 0.05) is 23.4 Å². The van der Waals surface area contributed by atoms with Gasteiger partial charge < -0.3 is 15.4 Å². The highest BCUT2D eigenvalue weighted by molar-refractivity contribution is 5.94. The van der Waals surface area contributed by atoms with E-state index in [1.54, 1.807) is 39.8 Å². The SMILES string of the molecule is Cc1cc(C(C)NC(=O)c2cnc(OCC(F)(F)C(F)F)c(C)c2)cc(NC(=O)C(C)C)n1. The van der Waals surface area contributed by atoms with Crippen molar-refractivity contribution in [3.05, 3.63) is 46.8 Å². The Hall–Kier alpha value is -3.24. The molecule has 0 spiro atoms. The molecular weight excluding hydrogens is 444 g/mol. The van der Waals surface area contributed by atoms with Crippen molar-refractivity contribution in [2.24, 2.45) is 5.92 Å². The second-order valence-corrected chi connectivity index (χ2v) is 7.96. The highest BCUT2D eigenvalue weighted by Gasteiger charge is 2.42. The van der Waals surface area contributed by atoms with Crippen LogP contribution in [0.2, 0.25) is 0 Å². The van der Waals surface area contributed by atoms with Crippen molar-refractivity contribution in [1.29, 1.82) is 0 Å². The van der Waals surface area contributed by atoms with Crippen molar-refractivity contribution >= 4 is 17.6 Å². The molecule has 2 N–H and O–H groups in total. The minimum Gasteiger partial charge on any atom is -0.471 e. The van der Waals surface area contributed by atoms with Crippen LogP contribution in [-0.4, -0.2) is 40.7 Å². The molecule has 1 unspecified atom stereocenters. The van der Waals surface area contributed by atoms with Crippen molar-refractivity contribution in [2.45, 2.75) is 53.0 Å². The molecule has 2 aromatic heterocycles. The Morgan fingerprint density at radius 3 is 2.36 bits per heavy atom. The summed E-state index contributed by atoms with van der Waals surface area (Å²) in [7, 11) is 0. The number of hydrogen-bond acceptors (Lipinski definition) is 5. The molecule has 0 aromatic carbocycles. The molecule has 33 heavy (non-hydrogen) atoms. The molecule has 2 rings (SSSR count). The molecule has 1 atom stereocenters. The fourth-order valence-electron chi connectivity index (χ4n) is 2.71. The van der Waals surface area contributed by atoms with Gasteiger partial charge in [-0.25, -0.2) is 18.7 Å². The number of ether oxygens (including phenoxy) is 1. The van der Waals surface area contributed by atoms with Crippen LogP contribution in [0.4, 0.5) is 23.4 Å². The third-order valence-electron chi connectivity index (χ3n) is 4.61. The normalized spacial score (nSPS) is 12.6. The number of carbonyl (C=O) groups excluding carboxylic acids is 2. The van der Waals surface area contributed by atoms with Gasteiger partial charge in [0.15, 0.2) is 6.61 Å². The van der Waals surface area contributed by atoms with Gasteiger partial charge in [-0.05, 0) is 44.5 Å². The van der Waals surface area contributed by atoms with Gasteiger partial charge in [0.1, 0.15) is 5.82 Å². The lowest BCUT2D eigenvalue weighted by molar-refractivity contribution is -0.148. The summed E-state index contributed by atoms with van der Waals surface area (Å²) in [6.07, 6.45) is -2.75. The molecular formula is C22H26F4N4O3. The van der Waals surface area contributed by atoms with Gasteiger partial charge in [-0.15, -0.1) is 0 Å². The smallest absolute Gasteiger partial charge is 0.340 e. The molecule has 0 aliphatic rings. The molecule has 0 fully saturated rings. The predicted molar refractivity (Wildman–Crippen MR) is 114 cm³/mol. The second-order valence-electron chi connectivity index (χ2n) is 7.96. The minimum absolute atomic E-state index is 0.131. The van der Waals surface area contributed by atoms with Crippen LogP contribution >= 0.6 is 0 Å². The molecule has 2 heterocycles. The summed E-state index contributed by atoms with van der Waals surface area (Å²) in [5.41, 5.74) is 1.71. The number of nitrogens with one attached hydrogen (secondary N) is 2. The van der Waals surface area contributed by atoms with Crippen LogP contribution in [0, 0.1) is 19.8 Å². The molecule has 0 saturated heterocycles. The molecule has 180 valence electrons. The van der Waals surface area contributed by atoms with Gasteiger partial charge in [-0.2, -0.15) is 8.78 Å². The first-order valence-corrected chi connectivity index (χ1v) is 10.2.